The second kappa shape index (κ2) is 5.90. The fourth-order valence-corrected chi connectivity index (χ4v) is 1.38. The van der Waals surface area contributed by atoms with Gasteiger partial charge >= 0.3 is 5.97 Å². The lowest BCUT2D eigenvalue weighted by atomic mass is 10.2. The normalized spacial score (nSPS) is 9.81. The summed E-state index contributed by atoms with van der Waals surface area (Å²) < 4.78 is 0. The van der Waals surface area contributed by atoms with E-state index in [0.29, 0.717) is 13.1 Å². The molecule has 0 aliphatic carbocycles. The molecule has 0 saturated carbocycles. The molecule has 1 rings (SSSR count). The monoisotopic (exact) mass is 220 g/mol. The van der Waals surface area contributed by atoms with Gasteiger partial charge in [-0.25, -0.2) is 4.98 Å². The van der Waals surface area contributed by atoms with Gasteiger partial charge in [-0.15, -0.1) is 6.58 Å². The minimum absolute atomic E-state index is 0.101. The standard InChI is InChI=1S/C12H16N2O2/c1-3-7-14(8-5-12(15)16)11-9-10(2)4-6-13-11/h3-4,6,9H,1,5,7-8H2,2H3,(H,15,16). The van der Waals surface area contributed by atoms with Crippen molar-refractivity contribution >= 4 is 11.8 Å². The van der Waals surface area contributed by atoms with Crippen molar-refractivity contribution in [3.8, 4) is 0 Å². The Hall–Kier alpha value is -1.84. The Kier molecular flexibility index (Phi) is 4.51. The van der Waals surface area contributed by atoms with Gasteiger partial charge in [-0.05, 0) is 24.6 Å². The Labute approximate surface area is 95.2 Å². The van der Waals surface area contributed by atoms with Gasteiger partial charge in [-0.2, -0.15) is 0 Å². The van der Waals surface area contributed by atoms with Crippen LogP contribution in [0.3, 0.4) is 0 Å². The minimum atomic E-state index is -0.804. The van der Waals surface area contributed by atoms with Gasteiger partial charge in [0.05, 0.1) is 6.42 Å². The van der Waals surface area contributed by atoms with Gasteiger partial charge in [0, 0.05) is 19.3 Å². The Morgan fingerprint density at radius 1 is 1.69 bits per heavy atom. The molecule has 1 heterocycles. The van der Waals surface area contributed by atoms with Crippen molar-refractivity contribution in [3.63, 3.8) is 0 Å². The zero-order valence-electron chi connectivity index (χ0n) is 9.39. The predicted octanol–water partition coefficient (Wildman–Crippen LogP) is 1.86. The molecule has 86 valence electrons. The largest absolute Gasteiger partial charge is 0.481 e. The van der Waals surface area contributed by atoms with E-state index in [4.69, 9.17) is 5.11 Å². The molecule has 0 spiro atoms. The molecule has 0 unspecified atom stereocenters. The third kappa shape index (κ3) is 3.73. The summed E-state index contributed by atoms with van der Waals surface area (Å²) >= 11 is 0. The van der Waals surface area contributed by atoms with E-state index in [1.165, 1.54) is 0 Å². The molecule has 1 aromatic heterocycles. The van der Waals surface area contributed by atoms with E-state index in [1.54, 1.807) is 12.3 Å². The summed E-state index contributed by atoms with van der Waals surface area (Å²) in [5.41, 5.74) is 1.11. The smallest absolute Gasteiger partial charge is 0.305 e. The zero-order valence-corrected chi connectivity index (χ0v) is 9.39. The van der Waals surface area contributed by atoms with Crippen LogP contribution in [-0.4, -0.2) is 29.1 Å². The fourth-order valence-electron chi connectivity index (χ4n) is 1.38. The molecule has 0 amide bonds. The molecule has 1 N–H and O–H groups in total. The molecule has 4 heteroatoms. The summed E-state index contributed by atoms with van der Waals surface area (Å²) in [6.07, 6.45) is 3.57. The number of anilines is 1. The van der Waals surface area contributed by atoms with Crippen LogP contribution in [0, 0.1) is 6.92 Å². The molecule has 1 aromatic rings. The maximum absolute atomic E-state index is 10.5. The lowest BCUT2D eigenvalue weighted by Crippen LogP contribution is -2.27. The Morgan fingerprint density at radius 2 is 2.44 bits per heavy atom. The molecule has 0 aliphatic rings. The number of pyridine rings is 1. The summed E-state index contributed by atoms with van der Waals surface area (Å²) in [6, 6.07) is 3.85. The van der Waals surface area contributed by atoms with E-state index < -0.39 is 5.97 Å². The number of carboxylic acids is 1. The van der Waals surface area contributed by atoms with Crippen LogP contribution in [0.25, 0.3) is 0 Å². The number of carbonyl (C=O) groups is 1. The fraction of sp³-hybridized carbons (Fsp3) is 0.333. The van der Waals surface area contributed by atoms with Crippen LogP contribution >= 0.6 is 0 Å². The quantitative estimate of drug-likeness (QED) is 0.743. The third-order valence-corrected chi connectivity index (χ3v) is 2.17. The van der Waals surface area contributed by atoms with Crippen LogP contribution in [0.4, 0.5) is 5.82 Å². The molecule has 0 bridgehead atoms. The first kappa shape index (κ1) is 12.2. The van der Waals surface area contributed by atoms with Crippen molar-refractivity contribution < 1.29 is 9.90 Å². The van der Waals surface area contributed by atoms with Crippen molar-refractivity contribution in [1.29, 1.82) is 0 Å². The Morgan fingerprint density at radius 3 is 3.00 bits per heavy atom. The molecular weight excluding hydrogens is 204 g/mol. The van der Waals surface area contributed by atoms with E-state index >= 15 is 0 Å². The highest BCUT2D eigenvalue weighted by molar-refractivity contribution is 5.67. The van der Waals surface area contributed by atoms with Crippen LogP contribution in [-0.2, 0) is 4.79 Å². The molecule has 0 aliphatic heterocycles. The van der Waals surface area contributed by atoms with Crippen LogP contribution in [0.5, 0.6) is 0 Å². The molecule has 16 heavy (non-hydrogen) atoms. The molecule has 4 nitrogen and oxygen atoms in total. The summed E-state index contributed by atoms with van der Waals surface area (Å²) in [5.74, 6) is -0.0112. The lowest BCUT2D eigenvalue weighted by Gasteiger charge is -2.21. The Bertz CT molecular complexity index is 377. The average molecular weight is 220 g/mol. The van der Waals surface area contributed by atoms with Crippen LogP contribution in [0.15, 0.2) is 31.0 Å². The van der Waals surface area contributed by atoms with Gasteiger partial charge in [0.1, 0.15) is 5.82 Å². The zero-order chi connectivity index (χ0) is 12.0. The van der Waals surface area contributed by atoms with Crippen LogP contribution in [0.1, 0.15) is 12.0 Å². The predicted molar refractivity (Wildman–Crippen MR) is 63.6 cm³/mol. The average Bonchev–Trinajstić information content (AvgIpc) is 2.24. The first-order valence-corrected chi connectivity index (χ1v) is 5.14. The van der Waals surface area contributed by atoms with Crippen LogP contribution in [0.2, 0.25) is 0 Å². The number of rotatable bonds is 6. The number of nitrogens with zero attached hydrogens (tertiary/aromatic N) is 2. The lowest BCUT2D eigenvalue weighted by molar-refractivity contribution is -0.136. The third-order valence-electron chi connectivity index (χ3n) is 2.17. The number of aryl methyl sites for hydroxylation is 1. The minimum Gasteiger partial charge on any atom is -0.481 e. The van der Waals surface area contributed by atoms with E-state index in [9.17, 15) is 4.79 Å². The van der Waals surface area contributed by atoms with Crippen molar-refractivity contribution in [2.75, 3.05) is 18.0 Å². The van der Waals surface area contributed by atoms with Crippen molar-refractivity contribution in [1.82, 2.24) is 4.98 Å². The molecule has 0 aromatic carbocycles. The first-order valence-electron chi connectivity index (χ1n) is 5.14. The van der Waals surface area contributed by atoms with Gasteiger partial charge < -0.3 is 10.0 Å². The number of aromatic nitrogens is 1. The van der Waals surface area contributed by atoms with Crippen molar-refractivity contribution in [3.05, 3.63) is 36.5 Å². The summed E-state index contributed by atoms with van der Waals surface area (Å²) in [4.78, 5) is 16.7. The molecule has 0 fully saturated rings. The second-order valence-electron chi connectivity index (χ2n) is 3.57. The molecular formula is C12H16N2O2. The number of hydrogen-bond acceptors (Lipinski definition) is 3. The molecule has 0 atom stereocenters. The summed E-state index contributed by atoms with van der Waals surface area (Å²) in [7, 11) is 0. The topological polar surface area (TPSA) is 53.4 Å². The van der Waals surface area contributed by atoms with Gasteiger partial charge in [0.15, 0.2) is 0 Å². The van der Waals surface area contributed by atoms with Gasteiger partial charge in [0.25, 0.3) is 0 Å². The number of hydrogen-bond donors (Lipinski definition) is 1. The SMILES string of the molecule is C=CCN(CCC(=O)O)c1cc(C)ccn1. The molecule has 0 radical (unpaired) electrons. The second-order valence-corrected chi connectivity index (χ2v) is 3.57. The highest BCUT2D eigenvalue weighted by Gasteiger charge is 2.08. The maximum atomic E-state index is 10.5. The van der Waals surface area contributed by atoms with Crippen molar-refractivity contribution in [2.45, 2.75) is 13.3 Å². The van der Waals surface area contributed by atoms with Gasteiger partial charge in [-0.3, -0.25) is 4.79 Å². The number of aliphatic carboxylic acids is 1. The van der Waals surface area contributed by atoms with Crippen molar-refractivity contribution in [2.24, 2.45) is 0 Å². The Balaban J connectivity index is 2.76. The van der Waals surface area contributed by atoms with E-state index in [0.717, 1.165) is 11.4 Å². The summed E-state index contributed by atoms with van der Waals surface area (Å²) in [5, 5.41) is 8.66. The summed E-state index contributed by atoms with van der Waals surface area (Å²) in [6.45, 7) is 6.68. The van der Waals surface area contributed by atoms with E-state index in [1.807, 2.05) is 24.0 Å². The van der Waals surface area contributed by atoms with Crippen LogP contribution < -0.4 is 4.90 Å². The highest BCUT2D eigenvalue weighted by atomic mass is 16.4. The maximum Gasteiger partial charge on any atom is 0.305 e. The highest BCUT2D eigenvalue weighted by Crippen LogP contribution is 2.12. The first-order chi connectivity index (χ1) is 7.63. The van der Waals surface area contributed by atoms with Gasteiger partial charge in [-0.1, -0.05) is 6.08 Å². The van der Waals surface area contributed by atoms with E-state index in [-0.39, 0.29) is 6.42 Å². The molecule has 0 saturated heterocycles. The van der Waals surface area contributed by atoms with E-state index in [2.05, 4.69) is 11.6 Å². The number of carboxylic acid groups (broad SMARTS) is 1. The van der Waals surface area contributed by atoms with Gasteiger partial charge in [0.2, 0.25) is 0 Å².